The second-order valence-corrected chi connectivity index (χ2v) is 33.6. The van der Waals surface area contributed by atoms with Gasteiger partial charge in [-0.3, -0.25) is 9.13 Å². The summed E-state index contributed by atoms with van der Waals surface area (Å²) in [5, 5.41) is 14.7. The van der Waals surface area contributed by atoms with Gasteiger partial charge in [0.25, 0.3) is 0 Å². The molecule has 15 rings (SSSR count). The SMILES string of the molecule is CC(C)(C)c1ccc2c(c1)c1cc(C(C)(C)C)ccc1n2-c1nc(-c2cc([Si](c3ccccc3)(c3ccccc3)c3ccccc3)cc([Si](c3ccccc3)(c3ccccc3)c3cccc(-c4ccccc4)c3)c2)nc(-n2c3ccccc3c3ccccc32)n1. The van der Waals surface area contributed by atoms with Gasteiger partial charge in [0, 0.05) is 27.1 Å². The average Bonchev–Trinajstić information content (AvgIpc) is 1.34. The van der Waals surface area contributed by atoms with Crippen molar-refractivity contribution in [1.29, 1.82) is 0 Å². The van der Waals surface area contributed by atoms with Gasteiger partial charge < -0.3 is 0 Å². The number of fused-ring (bicyclic) bond motifs is 6. The number of hydrogen-bond donors (Lipinski definition) is 0. The van der Waals surface area contributed by atoms with Gasteiger partial charge in [-0.2, -0.15) is 15.0 Å². The Morgan fingerprint density at radius 3 is 0.967 bits per heavy atom. The van der Waals surface area contributed by atoms with Crippen LogP contribution in [0.25, 0.3) is 78.0 Å². The summed E-state index contributed by atoms with van der Waals surface area (Å²) in [4.78, 5) is 17.6. The molecule has 0 fully saturated rings. The minimum atomic E-state index is -3.42. The summed E-state index contributed by atoms with van der Waals surface area (Å²) >= 11 is 0. The Bertz CT molecular complexity index is 4870. The van der Waals surface area contributed by atoms with E-state index in [1.54, 1.807) is 0 Å². The number of nitrogens with zero attached hydrogens (tertiary/aromatic N) is 5. The summed E-state index contributed by atoms with van der Waals surface area (Å²) in [6.45, 7) is 13.8. The minimum absolute atomic E-state index is 0.0876. The van der Waals surface area contributed by atoms with Crippen molar-refractivity contribution in [1.82, 2.24) is 24.1 Å². The summed E-state index contributed by atoms with van der Waals surface area (Å²) < 4.78 is 4.56. The lowest BCUT2D eigenvalue weighted by Gasteiger charge is -2.38. The predicted octanol–water partition coefficient (Wildman–Crippen LogP) is 14.7. The standard InChI is InChI=1S/C83H69N5Si2/c1-82(2,3)61-48-50-77-73(55-61)74-56-62(83(4,5)6)49-51-78(74)88(77)81-85-79(84-80(86-81)87-75-46-27-25-44-71(75)72-45-26-28-47-76(72)87)60-53-69(89(63-33-15-8-16-34-63,64-35-17-9-18-36-64)65-37-19-10-20-38-65)57-70(54-60)90(66-39-21-11-22-40-66,67-41-23-12-24-42-67)68-43-29-32-59(52-68)58-30-13-7-14-31-58/h7-57H,1-6H3. The van der Waals surface area contributed by atoms with Gasteiger partial charge in [0.05, 0.1) is 22.1 Å². The number of rotatable bonds is 12. The van der Waals surface area contributed by atoms with Crippen molar-refractivity contribution in [2.45, 2.75) is 52.4 Å². The molecule has 0 atom stereocenters. The molecular weight excluding hydrogens is 1120 g/mol. The molecule has 12 aromatic carbocycles. The number of aromatic nitrogens is 5. The first-order valence-electron chi connectivity index (χ1n) is 31.3. The Kier molecular flexibility index (Phi) is 14.0. The zero-order valence-electron chi connectivity index (χ0n) is 51.7. The van der Waals surface area contributed by atoms with Crippen molar-refractivity contribution in [3.05, 3.63) is 321 Å². The Labute approximate surface area is 529 Å². The van der Waals surface area contributed by atoms with Crippen LogP contribution < -0.4 is 41.5 Å². The maximum atomic E-state index is 5.95. The summed E-state index contributed by atoms with van der Waals surface area (Å²) in [5.41, 5.74) is 9.71. The molecule has 0 amide bonds. The third-order valence-electron chi connectivity index (χ3n) is 18.6. The van der Waals surface area contributed by atoms with E-state index in [0.29, 0.717) is 17.7 Å². The maximum Gasteiger partial charge on any atom is 0.240 e. The van der Waals surface area contributed by atoms with Gasteiger partial charge in [0.15, 0.2) is 22.0 Å². The maximum absolute atomic E-state index is 5.95. The first-order valence-corrected chi connectivity index (χ1v) is 35.3. The third-order valence-corrected chi connectivity index (χ3v) is 28.1. The molecule has 0 saturated carbocycles. The molecule has 434 valence electrons. The van der Waals surface area contributed by atoms with Crippen LogP contribution in [0.3, 0.4) is 0 Å². The molecule has 0 radical (unpaired) electrons. The minimum Gasteiger partial charge on any atom is -0.278 e. The van der Waals surface area contributed by atoms with Crippen molar-refractivity contribution in [3.8, 4) is 34.4 Å². The van der Waals surface area contributed by atoms with Gasteiger partial charge in [-0.05, 0) is 111 Å². The first-order chi connectivity index (χ1) is 43.9. The lowest BCUT2D eigenvalue weighted by molar-refractivity contribution is 0.590. The van der Waals surface area contributed by atoms with Gasteiger partial charge in [-0.15, -0.1) is 0 Å². The van der Waals surface area contributed by atoms with E-state index in [1.165, 1.54) is 63.7 Å². The lowest BCUT2D eigenvalue weighted by atomic mass is 9.85. The monoisotopic (exact) mass is 1190 g/mol. The van der Waals surface area contributed by atoms with Crippen LogP contribution in [0.5, 0.6) is 0 Å². The Hall–Kier alpha value is -10.3. The van der Waals surface area contributed by atoms with Crippen LogP contribution in [0.2, 0.25) is 0 Å². The number of hydrogen-bond acceptors (Lipinski definition) is 3. The fourth-order valence-corrected chi connectivity index (χ4v) is 24.0. The van der Waals surface area contributed by atoms with Crippen LogP contribution in [0.4, 0.5) is 0 Å². The zero-order chi connectivity index (χ0) is 61.2. The summed E-state index contributed by atoms with van der Waals surface area (Å²) in [5.74, 6) is 1.65. The molecule has 0 aliphatic heterocycles. The van der Waals surface area contributed by atoms with E-state index >= 15 is 0 Å². The second-order valence-electron chi connectivity index (χ2n) is 26.0. The smallest absolute Gasteiger partial charge is 0.240 e. The molecule has 0 N–H and O–H groups in total. The second kappa shape index (κ2) is 22.4. The Morgan fingerprint density at radius 2 is 0.567 bits per heavy atom. The summed E-state index contributed by atoms with van der Waals surface area (Å²) in [7, 11) is -6.74. The molecule has 0 aliphatic rings. The Balaban J connectivity index is 1.13. The molecule has 3 aromatic heterocycles. The average molecular weight is 1190 g/mol. The van der Waals surface area contributed by atoms with Crippen molar-refractivity contribution in [3.63, 3.8) is 0 Å². The third kappa shape index (κ3) is 9.47. The molecule has 90 heavy (non-hydrogen) atoms. The van der Waals surface area contributed by atoms with E-state index in [0.717, 1.165) is 49.2 Å². The molecule has 0 bridgehead atoms. The fraction of sp³-hybridized carbons (Fsp3) is 0.0964. The highest BCUT2D eigenvalue weighted by Gasteiger charge is 2.46. The van der Waals surface area contributed by atoms with E-state index in [-0.39, 0.29) is 10.8 Å². The Morgan fingerprint density at radius 1 is 0.244 bits per heavy atom. The van der Waals surface area contributed by atoms with E-state index in [4.69, 9.17) is 15.0 Å². The molecule has 0 saturated heterocycles. The van der Waals surface area contributed by atoms with E-state index < -0.39 is 16.1 Å². The van der Waals surface area contributed by atoms with Crippen molar-refractivity contribution in [2.75, 3.05) is 0 Å². The van der Waals surface area contributed by atoms with E-state index in [2.05, 4.69) is 360 Å². The van der Waals surface area contributed by atoms with E-state index in [1.807, 2.05) is 0 Å². The van der Waals surface area contributed by atoms with Crippen LogP contribution >= 0.6 is 0 Å². The summed E-state index contributed by atoms with van der Waals surface area (Å²) in [6, 6.07) is 116. The highest BCUT2D eigenvalue weighted by Crippen LogP contribution is 2.39. The molecule has 15 aromatic rings. The van der Waals surface area contributed by atoms with Gasteiger partial charge in [0.2, 0.25) is 11.9 Å². The van der Waals surface area contributed by atoms with Crippen LogP contribution in [-0.2, 0) is 10.8 Å². The van der Waals surface area contributed by atoms with Gasteiger partial charge >= 0.3 is 0 Å². The van der Waals surface area contributed by atoms with Crippen LogP contribution in [0.1, 0.15) is 52.7 Å². The molecular formula is C83H69N5Si2. The topological polar surface area (TPSA) is 48.5 Å². The van der Waals surface area contributed by atoms with Crippen molar-refractivity contribution < 1.29 is 0 Å². The van der Waals surface area contributed by atoms with Gasteiger partial charge in [0.1, 0.15) is 0 Å². The number of para-hydroxylation sites is 2. The fourth-order valence-electron chi connectivity index (χ4n) is 14.2. The molecule has 0 aliphatic carbocycles. The normalized spacial score (nSPS) is 12.3. The first kappa shape index (κ1) is 56.2. The summed E-state index contributed by atoms with van der Waals surface area (Å²) in [6.07, 6.45) is 0. The molecule has 0 unspecified atom stereocenters. The quantitative estimate of drug-likeness (QED) is 0.0905. The van der Waals surface area contributed by atoms with Crippen LogP contribution in [-0.4, -0.2) is 40.2 Å². The molecule has 7 heteroatoms. The molecule has 3 heterocycles. The van der Waals surface area contributed by atoms with Crippen LogP contribution in [0.15, 0.2) is 309 Å². The largest absolute Gasteiger partial charge is 0.278 e. The highest BCUT2D eigenvalue weighted by molar-refractivity contribution is 7.22. The molecule has 5 nitrogen and oxygen atoms in total. The highest BCUT2D eigenvalue weighted by atomic mass is 28.3. The molecule has 0 spiro atoms. The van der Waals surface area contributed by atoms with Crippen LogP contribution in [0, 0.1) is 0 Å². The van der Waals surface area contributed by atoms with Gasteiger partial charge in [-0.25, -0.2) is 0 Å². The van der Waals surface area contributed by atoms with Crippen molar-refractivity contribution >= 4 is 101 Å². The number of benzene rings is 12. The lowest BCUT2D eigenvalue weighted by Crippen LogP contribution is -2.78. The van der Waals surface area contributed by atoms with Gasteiger partial charge in [-0.1, -0.05) is 315 Å². The predicted molar refractivity (Wildman–Crippen MR) is 384 cm³/mol. The van der Waals surface area contributed by atoms with Crippen molar-refractivity contribution in [2.24, 2.45) is 0 Å². The van der Waals surface area contributed by atoms with E-state index in [9.17, 15) is 0 Å². The zero-order valence-corrected chi connectivity index (χ0v) is 53.7.